The average molecular weight is 767 g/mol. The third-order valence-electron chi connectivity index (χ3n) is 11.2. The topological polar surface area (TPSA) is 55.4 Å². The van der Waals surface area contributed by atoms with Gasteiger partial charge in [-0.15, -0.1) is 0 Å². The molecule has 0 N–H and O–H groups in total. The summed E-state index contributed by atoms with van der Waals surface area (Å²) in [6.07, 6.45) is 0. The molecule has 0 spiro atoms. The van der Waals surface area contributed by atoms with Crippen LogP contribution in [0.1, 0.15) is 83.1 Å². The predicted molar refractivity (Wildman–Crippen MR) is 219 cm³/mol. The molecule has 0 amide bonds. The van der Waals surface area contributed by atoms with E-state index in [1.807, 2.05) is 79.7 Å². The molecule has 4 aromatic carbocycles. The Morgan fingerprint density at radius 3 is 1.08 bits per heavy atom. The molecule has 3 saturated heterocycles. The molecular weight excluding hydrogens is 713 g/mol. The first kappa shape index (κ1) is 40.5. The van der Waals surface area contributed by atoms with Crippen LogP contribution in [0.2, 0.25) is 0 Å². The molecule has 4 aromatic rings. The van der Waals surface area contributed by atoms with Gasteiger partial charge in [0.15, 0.2) is 0 Å². The van der Waals surface area contributed by atoms with Crippen LogP contribution in [0.5, 0.6) is 0 Å². The highest BCUT2D eigenvalue weighted by molar-refractivity contribution is 9.10. The van der Waals surface area contributed by atoms with Gasteiger partial charge in [-0.3, -0.25) is 0 Å². The highest BCUT2D eigenvalue weighted by Crippen LogP contribution is 2.43. The van der Waals surface area contributed by atoms with Gasteiger partial charge in [0.25, 0.3) is 0 Å². The van der Waals surface area contributed by atoms with E-state index in [9.17, 15) is 0 Å². The standard InChI is InChI=1S/C18H21BO2.C12H24B2O4.C12H9Br/c1-17(2)18(3,4)21-19(20-17)16-12-8-11-15(13-16)14-9-6-5-7-10-14;1-9(2)10(3,4)16-13(15-9)14-17-11(5,6)12(7,8)18-14;13-12-8-4-7-11(9-12)10-5-2-1-3-6-10/h5-13H,1-4H3;1-8H3;1-9H. The summed E-state index contributed by atoms with van der Waals surface area (Å²) in [7, 11) is -1.26. The van der Waals surface area contributed by atoms with Crippen molar-refractivity contribution in [2.24, 2.45) is 0 Å². The first-order valence-electron chi connectivity index (χ1n) is 18.2. The van der Waals surface area contributed by atoms with E-state index in [4.69, 9.17) is 27.9 Å². The zero-order chi connectivity index (χ0) is 38.2. The molecule has 3 heterocycles. The molecule has 0 aliphatic carbocycles. The molecule has 0 saturated carbocycles. The van der Waals surface area contributed by atoms with Crippen molar-refractivity contribution >= 4 is 42.5 Å². The van der Waals surface area contributed by atoms with Gasteiger partial charge in [0.2, 0.25) is 0 Å². The van der Waals surface area contributed by atoms with Crippen molar-refractivity contribution in [3.63, 3.8) is 0 Å². The van der Waals surface area contributed by atoms with Crippen LogP contribution < -0.4 is 5.46 Å². The molecule has 52 heavy (non-hydrogen) atoms. The summed E-state index contributed by atoms with van der Waals surface area (Å²) in [5.41, 5.74) is 3.90. The van der Waals surface area contributed by atoms with Crippen molar-refractivity contribution in [1.29, 1.82) is 0 Å². The molecule has 0 atom stereocenters. The maximum Gasteiger partial charge on any atom is 0.494 e. The summed E-state index contributed by atoms with van der Waals surface area (Å²) in [4.78, 5) is 0. The number of hydrogen-bond acceptors (Lipinski definition) is 6. The highest BCUT2D eigenvalue weighted by atomic mass is 79.9. The molecule has 3 fully saturated rings. The molecule has 0 unspecified atom stereocenters. The van der Waals surface area contributed by atoms with E-state index in [2.05, 4.69) is 129 Å². The maximum absolute atomic E-state index is 6.12. The number of benzene rings is 4. The van der Waals surface area contributed by atoms with Crippen LogP contribution in [0.4, 0.5) is 0 Å². The summed E-state index contributed by atoms with van der Waals surface area (Å²) >= 11 is 3.46. The quantitative estimate of drug-likeness (QED) is 0.193. The SMILES string of the molecule is Brc1cccc(-c2ccccc2)c1.CC1(C)OB(B2OC(C)(C)C(C)(C)O2)OC1(C)C.CC1(C)OB(c2cccc(-c3ccccc3)c2)OC1(C)C. The maximum atomic E-state index is 6.12. The van der Waals surface area contributed by atoms with Crippen molar-refractivity contribution in [1.82, 2.24) is 0 Å². The first-order valence-corrected chi connectivity index (χ1v) is 19.0. The van der Waals surface area contributed by atoms with Crippen LogP contribution in [-0.2, 0) is 27.9 Å². The fourth-order valence-corrected chi connectivity index (χ4v) is 6.17. The summed E-state index contributed by atoms with van der Waals surface area (Å²) in [6.45, 7) is 24.5. The third-order valence-corrected chi connectivity index (χ3v) is 11.7. The normalized spacial score (nSPS) is 21.5. The molecule has 6 nitrogen and oxygen atoms in total. The smallest absolute Gasteiger partial charge is 0.405 e. The van der Waals surface area contributed by atoms with Crippen LogP contribution in [-0.4, -0.2) is 54.7 Å². The Labute approximate surface area is 321 Å². The Kier molecular flexibility index (Phi) is 11.8. The van der Waals surface area contributed by atoms with Crippen LogP contribution in [0.15, 0.2) is 114 Å². The molecule has 0 aromatic heterocycles. The largest absolute Gasteiger partial charge is 0.494 e. The van der Waals surface area contributed by atoms with Gasteiger partial charge in [0.1, 0.15) is 0 Å². The Hall–Kier alpha value is -2.69. The van der Waals surface area contributed by atoms with Crippen molar-refractivity contribution in [3.05, 3.63) is 114 Å². The summed E-state index contributed by atoms with van der Waals surface area (Å²) < 4.78 is 37.2. The second kappa shape index (κ2) is 15.2. The molecule has 3 aliphatic heterocycles. The number of halogens is 1. The summed E-state index contributed by atoms with van der Waals surface area (Å²) in [5.74, 6) is 0. The fourth-order valence-electron chi connectivity index (χ4n) is 5.77. The van der Waals surface area contributed by atoms with Crippen molar-refractivity contribution < 1.29 is 27.9 Å². The van der Waals surface area contributed by atoms with Gasteiger partial charge in [0.05, 0.1) is 33.6 Å². The Balaban J connectivity index is 0.000000155. The van der Waals surface area contributed by atoms with E-state index >= 15 is 0 Å². The van der Waals surface area contributed by atoms with Crippen molar-refractivity contribution in [3.8, 4) is 22.3 Å². The minimum Gasteiger partial charge on any atom is -0.405 e. The zero-order valence-corrected chi connectivity index (χ0v) is 34.5. The van der Waals surface area contributed by atoms with E-state index < -0.39 is 14.0 Å². The van der Waals surface area contributed by atoms with Gasteiger partial charge in [-0.05, 0) is 123 Å². The fraction of sp³-hybridized carbons (Fsp3) is 0.429. The molecular formula is C42H54B3BrO6. The average Bonchev–Trinajstić information content (AvgIpc) is 3.55. The van der Waals surface area contributed by atoms with Gasteiger partial charge >= 0.3 is 21.1 Å². The lowest BCUT2D eigenvalue weighted by Gasteiger charge is -2.32. The third kappa shape index (κ3) is 8.98. The van der Waals surface area contributed by atoms with Gasteiger partial charge < -0.3 is 27.9 Å². The molecule has 274 valence electrons. The van der Waals surface area contributed by atoms with E-state index in [0.717, 1.165) is 9.94 Å². The minimum absolute atomic E-state index is 0.305. The Morgan fingerprint density at radius 1 is 0.365 bits per heavy atom. The van der Waals surface area contributed by atoms with Gasteiger partial charge in [0, 0.05) is 4.47 Å². The summed E-state index contributed by atoms with van der Waals surface area (Å²) in [5, 5.41) is 0. The van der Waals surface area contributed by atoms with Crippen molar-refractivity contribution in [2.75, 3.05) is 0 Å². The zero-order valence-electron chi connectivity index (χ0n) is 33.0. The first-order chi connectivity index (χ1) is 24.1. The molecule has 7 rings (SSSR count). The summed E-state index contributed by atoms with van der Waals surface area (Å²) in [6, 6.07) is 37.4. The molecule has 0 bridgehead atoms. The van der Waals surface area contributed by atoms with Gasteiger partial charge in [-0.25, -0.2) is 0 Å². The van der Waals surface area contributed by atoms with E-state index in [-0.39, 0.29) is 40.7 Å². The van der Waals surface area contributed by atoms with Crippen molar-refractivity contribution in [2.45, 2.75) is 117 Å². The van der Waals surface area contributed by atoms with E-state index in [1.54, 1.807) is 0 Å². The second-order valence-corrected chi connectivity index (χ2v) is 17.6. The van der Waals surface area contributed by atoms with Crippen LogP contribution >= 0.6 is 15.9 Å². The van der Waals surface area contributed by atoms with E-state index in [0.29, 0.717) is 0 Å². The Morgan fingerprint density at radius 2 is 0.692 bits per heavy atom. The molecule has 3 aliphatic rings. The molecule has 0 radical (unpaired) electrons. The predicted octanol–water partition coefficient (Wildman–Crippen LogP) is 10.0. The lowest BCUT2D eigenvalue weighted by atomic mass is 9.49. The highest BCUT2D eigenvalue weighted by Gasteiger charge is 2.63. The Bertz CT molecular complexity index is 1710. The molecule has 10 heteroatoms. The lowest BCUT2D eigenvalue weighted by molar-refractivity contribution is 0.00578. The second-order valence-electron chi connectivity index (χ2n) is 16.7. The van der Waals surface area contributed by atoms with Gasteiger partial charge in [-0.2, -0.15) is 0 Å². The lowest BCUT2D eigenvalue weighted by Crippen LogP contribution is -2.41. The monoisotopic (exact) mass is 766 g/mol. The number of rotatable bonds is 4. The minimum atomic E-state index is -0.476. The van der Waals surface area contributed by atoms with Crippen LogP contribution in [0, 0.1) is 0 Å². The number of hydrogen-bond donors (Lipinski definition) is 0. The van der Waals surface area contributed by atoms with E-state index in [1.165, 1.54) is 22.3 Å². The van der Waals surface area contributed by atoms with Crippen LogP contribution in [0.3, 0.4) is 0 Å². The van der Waals surface area contributed by atoms with Gasteiger partial charge in [-0.1, -0.05) is 113 Å². The van der Waals surface area contributed by atoms with Crippen LogP contribution in [0.25, 0.3) is 22.3 Å².